The fourth-order valence-electron chi connectivity index (χ4n) is 3.50. The highest BCUT2D eigenvalue weighted by Gasteiger charge is 2.25. The first kappa shape index (κ1) is 22.2. The van der Waals surface area contributed by atoms with Gasteiger partial charge < -0.3 is 19.5 Å². The first-order valence-corrected chi connectivity index (χ1v) is 10.3. The van der Waals surface area contributed by atoms with Crippen molar-refractivity contribution >= 4 is 5.91 Å². The second-order valence-electron chi connectivity index (χ2n) is 7.28. The van der Waals surface area contributed by atoms with Crippen LogP contribution in [-0.4, -0.2) is 72.9 Å². The van der Waals surface area contributed by atoms with E-state index < -0.39 is 6.10 Å². The molecule has 162 valence electrons. The van der Waals surface area contributed by atoms with E-state index in [0.29, 0.717) is 56.2 Å². The van der Waals surface area contributed by atoms with E-state index >= 15 is 0 Å². The molecule has 1 saturated heterocycles. The van der Waals surface area contributed by atoms with Crippen molar-refractivity contribution in [2.45, 2.75) is 19.6 Å². The van der Waals surface area contributed by atoms with Crippen LogP contribution in [0, 0.1) is 5.82 Å². The quantitative estimate of drug-likeness (QED) is 0.681. The van der Waals surface area contributed by atoms with E-state index in [2.05, 4.69) is 4.90 Å². The first-order chi connectivity index (χ1) is 14.6. The van der Waals surface area contributed by atoms with Crippen LogP contribution in [0.5, 0.6) is 5.75 Å². The van der Waals surface area contributed by atoms with Crippen LogP contribution in [0.2, 0.25) is 0 Å². The molecule has 1 atom stereocenters. The third-order valence-corrected chi connectivity index (χ3v) is 5.07. The van der Waals surface area contributed by atoms with Crippen molar-refractivity contribution in [2.24, 2.45) is 0 Å². The van der Waals surface area contributed by atoms with E-state index in [1.54, 1.807) is 24.3 Å². The zero-order valence-corrected chi connectivity index (χ0v) is 17.3. The van der Waals surface area contributed by atoms with Crippen molar-refractivity contribution in [3.05, 3.63) is 65.5 Å². The normalized spacial score (nSPS) is 15.8. The molecule has 0 aliphatic carbocycles. The Hall–Kier alpha value is -2.48. The number of carbonyl (C=O) groups is 1. The molecule has 7 heteroatoms. The Morgan fingerprint density at radius 3 is 2.53 bits per heavy atom. The second-order valence-corrected chi connectivity index (χ2v) is 7.28. The average Bonchev–Trinajstić information content (AvgIpc) is 2.76. The van der Waals surface area contributed by atoms with E-state index in [-0.39, 0.29) is 24.9 Å². The molecule has 30 heavy (non-hydrogen) atoms. The van der Waals surface area contributed by atoms with Crippen LogP contribution in [0.25, 0.3) is 0 Å². The summed E-state index contributed by atoms with van der Waals surface area (Å²) < 4.78 is 24.6. The van der Waals surface area contributed by atoms with Crippen LogP contribution in [0.15, 0.2) is 48.5 Å². The van der Waals surface area contributed by atoms with Crippen molar-refractivity contribution in [3.63, 3.8) is 0 Å². The summed E-state index contributed by atoms with van der Waals surface area (Å²) in [5.41, 5.74) is 1.05. The highest BCUT2D eigenvalue weighted by Crippen LogP contribution is 2.20. The zero-order chi connectivity index (χ0) is 21.3. The monoisotopic (exact) mass is 416 g/mol. The average molecular weight is 416 g/mol. The van der Waals surface area contributed by atoms with Gasteiger partial charge in [-0.15, -0.1) is 0 Å². The molecule has 0 aromatic heterocycles. The summed E-state index contributed by atoms with van der Waals surface area (Å²) >= 11 is 0. The maximum Gasteiger partial charge on any atom is 0.257 e. The van der Waals surface area contributed by atoms with Gasteiger partial charge in [-0.05, 0) is 25.1 Å². The molecule has 1 aliphatic heterocycles. The van der Waals surface area contributed by atoms with E-state index in [1.165, 1.54) is 6.07 Å². The van der Waals surface area contributed by atoms with Crippen LogP contribution in [0.1, 0.15) is 22.8 Å². The van der Waals surface area contributed by atoms with Gasteiger partial charge in [-0.1, -0.05) is 30.3 Å². The number of hydrogen-bond donors (Lipinski definition) is 1. The Labute approximate surface area is 176 Å². The highest BCUT2D eigenvalue weighted by atomic mass is 19.1. The standard InChI is InChI=1S/C23H29FN2O4/c1-2-30-22-10-6-4-8-20(22)23(28)26-13-11-25(12-14-26)15-19(27)17-29-16-18-7-3-5-9-21(18)24/h3-10,19,27H,2,11-17H2,1H3. The number of aliphatic hydroxyl groups is 1. The predicted molar refractivity (Wildman–Crippen MR) is 112 cm³/mol. The maximum atomic E-state index is 13.6. The largest absolute Gasteiger partial charge is 0.493 e. The fourth-order valence-corrected chi connectivity index (χ4v) is 3.50. The van der Waals surface area contributed by atoms with E-state index in [1.807, 2.05) is 30.0 Å². The molecule has 0 bridgehead atoms. The zero-order valence-electron chi connectivity index (χ0n) is 17.3. The molecule has 1 unspecified atom stereocenters. The van der Waals surface area contributed by atoms with E-state index in [4.69, 9.17) is 9.47 Å². The summed E-state index contributed by atoms with van der Waals surface area (Å²) in [6.07, 6.45) is -0.669. The number of carbonyl (C=O) groups excluding carboxylic acids is 1. The molecule has 6 nitrogen and oxygen atoms in total. The molecule has 1 heterocycles. The Bertz CT molecular complexity index is 824. The molecule has 1 amide bonds. The third-order valence-electron chi connectivity index (χ3n) is 5.07. The van der Waals surface area contributed by atoms with Gasteiger partial charge in [0.15, 0.2) is 0 Å². The fraction of sp³-hybridized carbons (Fsp3) is 0.435. The number of nitrogens with zero attached hydrogens (tertiary/aromatic N) is 2. The number of hydrogen-bond acceptors (Lipinski definition) is 5. The molecular formula is C23H29FN2O4. The summed E-state index contributed by atoms with van der Waals surface area (Å²) in [6, 6.07) is 13.7. The Kier molecular flexibility index (Phi) is 8.19. The van der Waals surface area contributed by atoms with E-state index in [0.717, 1.165) is 0 Å². The Morgan fingerprint density at radius 2 is 1.80 bits per heavy atom. The van der Waals surface area contributed by atoms with E-state index in [9.17, 15) is 14.3 Å². The van der Waals surface area contributed by atoms with Crippen LogP contribution >= 0.6 is 0 Å². The molecule has 0 spiro atoms. The molecule has 0 radical (unpaired) electrons. The number of para-hydroxylation sites is 1. The molecule has 2 aromatic rings. The van der Waals surface area contributed by atoms with Crippen molar-refractivity contribution < 1.29 is 23.8 Å². The number of ether oxygens (including phenoxy) is 2. The van der Waals surface area contributed by atoms with Crippen LogP contribution in [0.3, 0.4) is 0 Å². The van der Waals surface area contributed by atoms with Crippen molar-refractivity contribution in [2.75, 3.05) is 45.9 Å². The van der Waals surface area contributed by atoms with Crippen molar-refractivity contribution in [3.8, 4) is 5.75 Å². The number of piperazine rings is 1. The highest BCUT2D eigenvalue weighted by molar-refractivity contribution is 5.97. The lowest BCUT2D eigenvalue weighted by molar-refractivity contribution is 0.00141. The second kappa shape index (κ2) is 11.1. The summed E-state index contributed by atoms with van der Waals surface area (Å²) in [5.74, 6) is 0.265. The molecule has 1 aliphatic rings. The minimum atomic E-state index is -0.669. The number of amides is 1. The van der Waals surface area contributed by atoms with Gasteiger partial charge in [-0.3, -0.25) is 9.69 Å². The number of rotatable bonds is 9. The van der Waals surface area contributed by atoms with Crippen LogP contribution < -0.4 is 4.74 Å². The first-order valence-electron chi connectivity index (χ1n) is 10.3. The number of aliphatic hydroxyl groups excluding tert-OH is 1. The lowest BCUT2D eigenvalue weighted by Crippen LogP contribution is -2.50. The predicted octanol–water partition coefficient (Wildman–Crippen LogP) is 2.56. The third kappa shape index (κ3) is 6.01. The number of benzene rings is 2. The van der Waals surface area contributed by atoms with Gasteiger partial charge in [0.25, 0.3) is 5.91 Å². The SMILES string of the molecule is CCOc1ccccc1C(=O)N1CCN(CC(O)COCc2ccccc2F)CC1. The summed E-state index contributed by atoms with van der Waals surface area (Å²) in [7, 11) is 0. The van der Waals surface area contributed by atoms with Crippen molar-refractivity contribution in [1.82, 2.24) is 9.80 Å². The minimum Gasteiger partial charge on any atom is -0.493 e. The van der Waals surface area contributed by atoms with Crippen LogP contribution in [0.4, 0.5) is 4.39 Å². The molecular weight excluding hydrogens is 387 g/mol. The van der Waals surface area contributed by atoms with Gasteiger partial charge >= 0.3 is 0 Å². The van der Waals surface area contributed by atoms with Gasteiger partial charge in [0, 0.05) is 38.3 Å². The lowest BCUT2D eigenvalue weighted by atomic mass is 10.1. The molecule has 1 fully saturated rings. The van der Waals surface area contributed by atoms with Crippen molar-refractivity contribution in [1.29, 1.82) is 0 Å². The van der Waals surface area contributed by atoms with Crippen LogP contribution in [-0.2, 0) is 11.3 Å². The van der Waals surface area contributed by atoms with Gasteiger partial charge in [0.05, 0.1) is 31.5 Å². The van der Waals surface area contributed by atoms with Gasteiger partial charge in [-0.25, -0.2) is 4.39 Å². The minimum absolute atomic E-state index is 0.0348. The maximum absolute atomic E-state index is 13.6. The lowest BCUT2D eigenvalue weighted by Gasteiger charge is -2.35. The summed E-state index contributed by atoms with van der Waals surface area (Å²) in [4.78, 5) is 16.8. The molecule has 1 N–H and O–H groups in total. The Morgan fingerprint density at radius 1 is 1.10 bits per heavy atom. The summed E-state index contributed by atoms with van der Waals surface area (Å²) in [6.45, 7) is 5.64. The topological polar surface area (TPSA) is 62.2 Å². The van der Waals surface area contributed by atoms with Gasteiger partial charge in [0.1, 0.15) is 11.6 Å². The molecule has 3 rings (SSSR count). The molecule has 2 aromatic carbocycles. The summed E-state index contributed by atoms with van der Waals surface area (Å²) in [5, 5.41) is 10.2. The number of halogens is 1. The number of β-amino-alcohol motifs (C(OH)–C–C–N with tert-alkyl or cyclic N) is 1. The van der Waals surface area contributed by atoms with Gasteiger partial charge in [-0.2, -0.15) is 0 Å². The molecule has 0 saturated carbocycles. The smallest absolute Gasteiger partial charge is 0.257 e. The Balaban J connectivity index is 1.42. The van der Waals surface area contributed by atoms with Gasteiger partial charge in [0.2, 0.25) is 0 Å².